The van der Waals surface area contributed by atoms with Crippen LogP contribution < -0.4 is 0 Å². The Balaban J connectivity index is 2.11. The van der Waals surface area contributed by atoms with E-state index in [9.17, 15) is 4.79 Å². The number of hydrogen-bond donors (Lipinski definition) is 0. The molecule has 0 unspecified atom stereocenters. The van der Waals surface area contributed by atoms with Gasteiger partial charge in [0.05, 0.1) is 12.8 Å². The molecule has 0 N–H and O–H groups in total. The van der Waals surface area contributed by atoms with Gasteiger partial charge in [-0.3, -0.25) is 4.99 Å². The molecule has 0 heterocycles. The predicted octanol–water partition coefficient (Wildman–Crippen LogP) is 3.48. The van der Waals surface area contributed by atoms with Crippen LogP contribution in [0.3, 0.4) is 0 Å². The molecule has 2 atom stereocenters. The van der Waals surface area contributed by atoms with Gasteiger partial charge in [0.15, 0.2) is 5.54 Å². The van der Waals surface area contributed by atoms with Crippen molar-refractivity contribution in [2.45, 2.75) is 18.9 Å². The predicted molar refractivity (Wildman–Crippen MR) is 87.1 cm³/mol. The van der Waals surface area contributed by atoms with Gasteiger partial charge >= 0.3 is 5.97 Å². The third-order valence-corrected chi connectivity index (χ3v) is 4.22. The van der Waals surface area contributed by atoms with Gasteiger partial charge in [-0.2, -0.15) is 0 Å². The summed E-state index contributed by atoms with van der Waals surface area (Å²) in [6, 6.07) is 19.9. The minimum absolute atomic E-state index is 0.211. The molecule has 3 heteroatoms. The first-order chi connectivity index (χ1) is 10.7. The molecule has 1 aliphatic rings. The molecule has 2 aromatic carbocycles. The highest BCUT2D eigenvalue weighted by Crippen LogP contribution is 2.48. The van der Waals surface area contributed by atoms with Gasteiger partial charge in [-0.05, 0) is 12.3 Å². The van der Waals surface area contributed by atoms with Crippen LogP contribution in [-0.2, 0) is 9.53 Å². The van der Waals surface area contributed by atoms with Crippen LogP contribution in [0, 0.1) is 5.92 Å². The molecule has 1 fully saturated rings. The number of carbonyl (C=O) groups excluding carboxylic acids is 1. The first-order valence-electron chi connectivity index (χ1n) is 7.46. The maximum atomic E-state index is 12.2. The van der Waals surface area contributed by atoms with Gasteiger partial charge in [0.2, 0.25) is 0 Å². The molecule has 1 aliphatic carbocycles. The number of methoxy groups -OCH3 is 1. The van der Waals surface area contributed by atoms with Gasteiger partial charge in [-0.15, -0.1) is 0 Å². The lowest BCUT2D eigenvalue weighted by atomic mass is 10.0. The zero-order valence-electron chi connectivity index (χ0n) is 12.8. The standard InChI is InChI=1S/C19H19NO2/c1-14-13-19(14,18(21)22-2)20-17(15-9-5-3-6-10-15)16-11-7-4-8-12-16/h3-12,14H,13H2,1-2H3/t14-,19+/m0/s1. The summed E-state index contributed by atoms with van der Waals surface area (Å²) in [5, 5.41) is 0. The van der Waals surface area contributed by atoms with Crippen LogP contribution in [0.2, 0.25) is 0 Å². The molecule has 0 bridgehead atoms. The topological polar surface area (TPSA) is 38.7 Å². The Labute approximate surface area is 130 Å². The molecule has 3 rings (SSSR count). The Morgan fingerprint density at radius 2 is 1.50 bits per heavy atom. The van der Waals surface area contributed by atoms with Crippen LogP contribution in [-0.4, -0.2) is 24.3 Å². The molecule has 3 nitrogen and oxygen atoms in total. The third kappa shape index (κ3) is 2.54. The van der Waals surface area contributed by atoms with Crippen molar-refractivity contribution in [2.75, 3.05) is 7.11 Å². The zero-order valence-corrected chi connectivity index (χ0v) is 12.8. The van der Waals surface area contributed by atoms with Gasteiger partial charge in [-0.1, -0.05) is 67.6 Å². The average Bonchev–Trinajstić information content (AvgIpc) is 3.24. The monoisotopic (exact) mass is 293 g/mol. The van der Waals surface area contributed by atoms with Gasteiger partial charge in [0.25, 0.3) is 0 Å². The summed E-state index contributed by atoms with van der Waals surface area (Å²) in [4.78, 5) is 17.0. The second-order valence-electron chi connectivity index (χ2n) is 5.71. The lowest BCUT2D eigenvalue weighted by Gasteiger charge is -2.14. The lowest BCUT2D eigenvalue weighted by Crippen LogP contribution is -2.26. The van der Waals surface area contributed by atoms with E-state index in [1.807, 2.05) is 67.6 Å². The van der Waals surface area contributed by atoms with Crippen LogP contribution in [0.5, 0.6) is 0 Å². The summed E-state index contributed by atoms with van der Waals surface area (Å²) in [6.45, 7) is 2.04. The van der Waals surface area contributed by atoms with E-state index in [0.717, 1.165) is 23.3 Å². The Bertz CT molecular complexity index is 652. The molecular weight excluding hydrogens is 274 g/mol. The van der Waals surface area contributed by atoms with Crippen LogP contribution in [0.1, 0.15) is 24.5 Å². The number of carbonyl (C=O) groups is 1. The van der Waals surface area contributed by atoms with Crippen LogP contribution >= 0.6 is 0 Å². The Hall–Kier alpha value is -2.42. The number of benzene rings is 2. The minimum atomic E-state index is -0.726. The quantitative estimate of drug-likeness (QED) is 0.639. The van der Waals surface area contributed by atoms with E-state index in [-0.39, 0.29) is 11.9 Å². The fourth-order valence-electron chi connectivity index (χ4n) is 2.76. The molecular formula is C19H19NO2. The number of hydrogen-bond acceptors (Lipinski definition) is 3. The Morgan fingerprint density at radius 1 is 1.05 bits per heavy atom. The number of nitrogens with zero attached hydrogens (tertiary/aromatic N) is 1. The van der Waals surface area contributed by atoms with Crippen molar-refractivity contribution in [3.05, 3.63) is 71.8 Å². The normalized spacial score (nSPS) is 22.7. The van der Waals surface area contributed by atoms with E-state index in [1.54, 1.807) is 0 Å². The highest BCUT2D eigenvalue weighted by Gasteiger charge is 2.59. The van der Waals surface area contributed by atoms with Gasteiger partial charge in [0.1, 0.15) is 0 Å². The Morgan fingerprint density at radius 3 is 1.86 bits per heavy atom. The summed E-state index contributed by atoms with van der Waals surface area (Å²) in [5.74, 6) is -0.0354. The fourth-order valence-corrected chi connectivity index (χ4v) is 2.76. The number of ether oxygens (including phenoxy) is 1. The van der Waals surface area contributed by atoms with Crippen molar-refractivity contribution in [3.8, 4) is 0 Å². The molecule has 0 saturated heterocycles. The van der Waals surface area contributed by atoms with Crippen molar-refractivity contribution in [2.24, 2.45) is 10.9 Å². The van der Waals surface area contributed by atoms with Crippen LogP contribution in [0.4, 0.5) is 0 Å². The summed E-state index contributed by atoms with van der Waals surface area (Å²) < 4.78 is 4.97. The molecule has 0 spiro atoms. The average molecular weight is 293 g/mol. The van der Waals surface area contributed by atoms with E-state index >= 15 is 0 Å². The second-order valence-corrected chi connectivity index (χ2v) is 5.71. The number of rotatable bonds is 4. The molecule has 22 heavy (non-hydrogen) atoms. The second kappa shape index (κ2) is 5.76. The maximum Gasteiger partial charge on any atom is 0.334 e. The summed E-state index contributed by atoms with van der Waals surface area (Å²) in [6.07, 6.45) is 0.739. The third-order valence-electron chi connectivity index (χ3n) is 4.22. The zero-order chi connectivity index (χ0) is 15.6. The van der Waals surface area contributed by atoms with Crippen molar-refractivity contribution >= 4 is 11.7 Å². The number of esters is 1. The minimum Gasteiger partial charge on any atom is -0.467 e. The summed E-state index contributed by atoms with van der Waals surface area (Å²) >= 11 is 0. The first kappa shape index (κ1) is 14.5. The molecule has 1 saturated carbocycles. The van der Waals surface area contributed by atoms with E-state index < -0.39 is 5.54 Å². The van der Waals surface area contributed by atoms with Gasteiger partial charge in [0, 0.05) is 11.1 Å². The van der Waals surface area contributed by atoms with Gasteiger partial charge in [-0.25, -0.2) is 4.79 Å². The Kier molecular flexibility index (Phi) is 3.80. The van der Waals surface area contributed by atoms with E-state index in [1.165, 1.54) is 7.11 Å². The SMILES string of the molecule is COC(=O)[C@@]1(N=C(c2ccccc2)c2ccccc2)C[C@@H]1C. The van der Waals surface area contributed by atoms with Crippen molar-refractivity contribution in [3.63, 3.8) is 0 Å². The molecule has 0 radical (unpaired) electrons. The van der Waals surface area contributed by atoms with Crippen molar-refractivity contribution < 1.29 is 9.53 Å². The van der Waals surface area contributed by atoms with Crippen LogP contribution in [0.15, 0.2) is 65.7 Å². The van der Waals surface area contributed by atoms with Crippen molar-refractivity contribution in [1.82, 2.24) is 0 Å². The molecule has 0 aliphatic heterocycles. The maximum absolute atomic E-state index is 12.2. The first-order valence-corrected chi connectivity index (χ1v) is 7.46. The van der Waals surface area contributed by atoms with Crippen LogP contribution in [0.25, 0.3) is 0 Å². The smallest absolute Gasteiger partial charge is 0.334 e. The fraction of sp³-hybridized carbons (Fsp3) is 0.263. The number of aliphatic imine (C=N–C) groups is 1. The lowest BCUT2D eigenvalue weighted by molar-refractivity contribution is -0.143. The largest absolute Gasteiger partial charge is 0.467 e. The van der Waals surface area contributed by atoms with E-state index in [0.29, 0.717) is 0 Å². The molecule has 0 amide bonds. The van der Waals surface area contributed by atoms with E-state index in [4.69, 9.17) is 9.73 Å². The summed E-state index contributed by atoms with van der Waals surface area (Å²) in [5.41, 5.74) is 2.14. The van der Waals surface area contributed by atoms with Gasteiger partial charge < -0.3 is 4.74 Å². The summed E-state index contributed by atoms with van der Waals surface area (Å²) in [7, 11) is 1.43. The van der Waals surface area contributed by atoms with E-state index in [2.05, 4.69) is 0 Å². The molecule has 112 valence electrons. The highest BCUT2D eigenvalue weighted by molar-refractivity contribution is 6.14. The van der Waals surface area contributed by atoms with Crippen molar-refractivity contribution in [1.29, 1.82) is 0 Å². The highest BCUT2D eigenvalue weighted by atomic mass is 16.5. The molecule has 0 aromatic heterocycles. The molecule has 2 aromatic rings.